The van der Waals surface area contributed by atoms with Crippen molar-refractivity contribution >= 4 is 28.3 Å². The topological polar surface area (TPSA) is 30.5 Å². The Morgan fingerprint density at radius 3 is 2.33 bits per heavy atom. The van der Waals surface area contributed by atoms with Crippen LogP contribution in [-0.4, -0.2) is 13.2 Å². The van der Waals surface area contributed by atoms with E-state index in [0.717, 1.165) is 28.1 Å². The maximum atomic E-state index is 5.72. The quantitative estimate of drug-likeness (QED) is 0.617. The van der Waals surface area contributed by atoms with Crippen molar-refractivity contribution < 1.29 is 9.47 Å². The number of rotatable bonds is 8. The van der Waals surface area contributed by atoms with Crippen molar-refractivity contribution in [3.8, 4) is 11.5 Å². The molecule has 0 bridgehead atoms. The van der Waals surface area contributed by atoms with Crippen molar-refractivity contribution in [3.63, 3.8) is 0 Å². The molecule has 0 heterocycles. The van der Waals surface area contributed by atoms with Crippen LogP contribution in [0.3, 0.4) is 0 Å². The Kier molecular flexibility index (Phi) is 9.19. The maximum absolute atomic E-state index is 5.72. The first-order chi connectivity index (χ1) is 11.2. The largest absolute Gasteiger partial charge is 0.490 e. The van der Waals surface area contributed by atoms with Gasteiger partial charge in [0, 0.05) is 12.6 Å². The van der Waals surface area contributed by atoms with E-state index in [1.807, 2.05) is 26.0 Å². The molecule has 2 rings (SSSR count). The third-order valence-corrected chi connectivity index (χ3v) is 4.16. The summed E-state index contributed by atoms with van der Waals surface area (Å²) in [5.74, 6) is 1.56. The van der Waals surface area contributed by atoms with Crippen molar-refractivity contribution in [1.29, 1.82) is 0 Å². The van der Waals surface area contributed by atoms with Crippen LogP contribution in [0.15, 0.2) is 46.9 Å². The van der Waals surface area contributed by atoms with Crippen molar-refractivity contribution in [2.24, 2.45) is 0 Å². The van der Waals surface area contributed by atoms with Gasteiger partial charge in [-0.25, -0.2) is 0 Å². The van der Waals surface area contributed by atoms with Gasteiger partial charge in [-0.1, -0.05) is 30.3 Å². The van der Waals surface area contributed by atoms with E-state index in [2.05, 4.69) is 58.5 Å². The fourth-order valence-corrected chi connectivity index (χ4v) is 3.01. The van der Waals surface area contributed by atoms with Gasteiger partial charge in [-0.15, -0.1) is 12.4 Å². The normalized spacial score (nSPS) is 11.5. The molecule has 132 valence electrons. The Balaban J connectivity index is 0.00000288. The van der Waals surface area contributed by atoms with Crippen LogP contribution in [-0.2, 0) is 6.54 Å². The van der Waals surface area contributed by atoms with Crippen LogP contribution in [0.4, 0.5) is 0 Å². The molecule has 0 aliphatic heterocycles. The van der Waals surface area contributed by atoms with E-state index in [4.69, 9.17) is 9.47 Å². The molecule has 0 saturated carbocycles. The second-order valence-electron chi connectivity index (χ2n) is 5.28. The lowest BCUT2D eigenvalue weighted by Crippen LogP contribution is -2.18. The van der Waals surface area contributed by atoms with Crippen LogP contribution >= 0.6 is 28.3 Å². The van der Waals surface area contributed by atoms with Crippen LogP contribution in [0.25, 0.3) is 0 Å². The second kappa shape index (κ2) is 10.6. The first kappa shape index (κ1) is 20.8. The Labute approximate surface area is 159 Å². The van der Waals surface area contributed by atoms with Crippen LogP contribution in [0.1, 0.15) is 37.9 Å². The lowest BCUT2D eigenvalue weighted by atomic mass is 10.1. The molecule has 3 nitrogen and oxygen atoms in total. The molecular formula is C19H25BrClNO2. The molecule has 1 atom stereocenters. The van der Waals surface area contributed by atoms with E-state index in [1.165, 1.54) is 5.56 Å². The van der Waals surface area contributed by atoms with Crippen LogP contribution in [0.5, 0.6) is 11.5 Å². The molecule has 0 aliphatic carbocycles. The van der Waals surface area contributed by atoms with Gasteiger partial charge in [0.15, 0.2) is 11.5 Å². The molecule has 24 heavy (non-hydrogen) atoms. The Morgan fingerprint density at radius 1 is 1.04 bits per heavy atom. The van der Waals surface area contributed by atoms with Gasteiger partial charge in [-0.2, -0.15) is 0 Å². The number of ether oxygens (including phenoxy) is 2. The predicted molar refractivity (Wildman–Crippen MR) is 105 cm³/mol. The van der Waals surface area contributed by atoms with Crippen LogP contribution in [0.2, 0.25) is 0 Å². The lowest BCUT2D eigenvalue weighted by Gasteiger charge is -2.17. The summed E-state index contributed by atoms with van der Waals surface area (Å²) in [5, 5.41) is 3.55. The summed E-state index contributed by atoms with van der Waals surface area (Å²) >= 11 is 3.59. The molecule has 0 aromatic heterocycles. The summed E-state index contributed by atoms with van der Waals surface area (Å²) in [7, 11) is 0. The van der Waals surface area contributed by atoms with Crippen LogP contribution < -0.4 is 14.8 Å². The van der Waals surface area contributed by atoms with Gasteiger partial charge < -0.3 is 14.8 Å². The third-order valence-electron chi connectivity index (χ3n) is 3.57. The highest BCUT2D eigenvalue weighted by Crippen LogP contribution is 2.37. The molecule has 2 aromatic carbocycles. The zero-order valence-electron chi connectivity index (χ0n) is 14.3. The monoisotopic (exact) mass is 413 g/mol. The number of benzene rings is 2. The summed E-state index contributed by atoms with van der Waals surface area (Å²) in [6.07, 6.45) is 0. The molecule has 0 spiro atoms. The third kappa shape index (κ3) is 5.69. The molecule has 0 saturated heterocycles. The average molecular weight is 415 g/mol. The minimum absolute atomic E-state index is 0. The van der Waals surface area contributed by atoms with E-state index >= 15 is 0 Å². The zero-order valence-corrected chi connectivity index (χ0v) is 16.7. The smallest absolute Gasteiger partial charge is 0.175 e. The number of hydrogen-bond acceptors (Lipinski definition) is 3. The van der Waals surface area contributed by atoms with Gasteiger partial charge in [0.05, 0.1) is 17.7 Å². The predicted octanol–water partition coefficient (Wildman–Crippen LogP) is 5.52. The summed E-state index contributed by atoms with van der Waals surface area (Å²) in [6.45, 7) is 8.11. The van der Waals surface area contributed by atoms with Gasteiger partial charge in [0.25, 0.3) is 0 Å². The molecule has 0 amide bonds. The summed E-state index contributed by atoms with van der Waals surface area (Å²) < 4.78 is 12.3. The van der Waals surface area contributed by atoms with Crippen molar-refractivity contribution in [2.45, 2.75) is 33.4 Å². The highest BCUT2D eigenvalue weighted by Gasteiger charge is 2.12. The first-order valence-electron chi connectivity index (χ1n) is 8.02. The van der Waals surface area contributed by atoms with Gasteiger partial charge in [-0.05, 0) is 60.0 Å². The molecule has 0 fully saturated rings. The molecule has 1 unspecified atom stereocenters. The van der Waals surface area contributed by atoms with E-state index < -0.39 is 0 Å². The van der Waals surface area contributed by atoms with Crippen molar-refractivity contribution in [1.82, 2.24) is 5.32 Å². The lowest BCUT2D eigenvalue weighted by molar-refractivity contribution is 0.286. The fourth-order valence-electron chi connectivity index (χ4n) is 2.40. The van der Waals surface area contributed by atoms with E-state index in [0.29, 0.717) is 13.2 Å². The minimum Gasteiger partial charge on any atom is -0.490 e. The maximum Gasteiger partial charge on any atom is 0.175 e. The van der Waals surface area contributed by atoms with Gasteiger partial charge in [0.2, 0.25) is 0 Å². The minimum atomic E-state index is 0. The highest BCUT2D eigenvalue weighted by molar-refractivity contribution is 9.10. The van der Waals surface area contributed by atoms with E-state index in [-0.39, 0.29) is 18.4 Å². The molecular weight excluding hydrogens is 390 g/mol. The SMILES string of the molecule is CCOc1cc(CNC(C)c2ccccc2)cc(Br)c1OCC.Cl. The summed E-state index contributed by atoms with van der Waals surface area (Å²) in [6, 6.07) is 14.9. The van der Waals surface area contributed by atoms with Gasteiger partial charge in [0.1, 0.15) is 0 Å². The standard InChI is InChI=1S/C19H24BrNO2.ClH/c1-4-22-18-12-15(11-17(20)19(18)23-5-2)13-21-14(3)16-9-7-6-8-10-16;/h6-12,14,21H,4-5,13H2,1-3H3;1H. The van der Waals surface area contributed by atoms with Gasteiger partial charge in [-0.3, -0.25) is 0 Å². The average Bonchev–Trinajstić information content (AvgIpc) is 2.57. The molecule has 2 aromatic rings. The molecule has 5 heteroatoms. The Bertz CT molecular complexity index is 622. The highest BCUT2D eigenvalue weighted by atomic mass is 79.9. The van der Waals surface area contributed by atoms with E-state index in [9.17, 15) is 0 Å². The van der Waals surface area contributed by atoms with Crippen molar-refractivity contribution in [2.75, 3.05) is 13.2 Å². The van der Waals surface area contributed by atoms with Crippen LogP contribution in [0, 0.1) is 0 Å². The van der Waals surface area contributed by atoms with Gasteiger partial charge >= 0.3 is 0 Å². The number of hydrogen-bond donors (Lipinski definition) is 1. The Morgan fingerprint density at radius 2 is 1.71 bits per heavy atom. The van der Waals surface area contributed by atoms with Crippen molar-refractivity contribution in [3.05, 3.63) is 58.1 Å². The zero-order chi connectivity index (χ0) is 16.7. The van der Waals surface area contributed by atoms with E-state index in [1.54, 1.807) is 0 Å². The second-order valence-corrected chi connectivity index (χ2v) is 6.14. The molecule has 0 radical (unpaired) electrons. The summed E-state index contributed by atoms with van der Waals surface area (Å²) in [4.78, 5) is 0. The summed E-state index contributed by atoms with van der Waals surface area (Å²) in [5.41, 5.74) is 2.44. The first-order valence-corrected chi connectivity index (χ1v) is 8.81. The Hall–Kier alpha value is -1.23. The number of halogens is 2. The molecule has 1 N–H and O–H groups in total. The fraction of sp³-hybridized carbons (Fsp3) is 0.368. The number of nitrogens with one attached hydrogen (secondary N) is 1. The molecule has 0 aliphatic rings.